The minimum Gasteiger partial charge on any atom is -0.0996 e. The minimum atomic E-state index is -0.275. The molecule has 4 aromatic carbocycles. The van der Waals surface area contributed by atoms with Crippen LogP contribution < -0.4 is 0 Å². The van der Waals surface area contributed by atoms with Crippen LogP contribution in [0.2, 0.25) is 0 Å². The van der Waals surface area contributed by atoms with Gasteiger partial charge in [-0.05, 0) is 297 Å². The normalized spacial score (nSPS) is 20.1. The molecule has 0 heteroatoms. The SMILES string of the molecule is C=C(C)C(C)(C)C1(C(C)(C)C(=C)C)c2c(C)c(C)c(C)c(C)c2-c2c(C)c(C)c(C)c(C)c21.CCC1(C)CC(C)(C)C(C)(C)C2(c3c(C)c(C)c(C)c(C)c3-c3c(C)c(C)c(C)c(C)c32)C1(C)C. The summed E-state index contributed by atoms with van der Waals surface area (Å²) >= 11 is 0. The maximum absolute atomic E-state index is 4.59. The average molecular weight is 916 g/mol. The third-order valence-corrected chi connectivity index (χ3v) is 23.4. The molecule has 7 rings (SSSR count). The molecule has 1 atom stereocenters. The molecule has 370 valence electrons. The molecule has 4 aromatic rings. The van der Waals surface area contributed by atoms with Crippen molar-refractivity contribution in [2.45, 2.75) is 231 Å². The molecule has 0 N–H and O–H groups in total. The quantitative estimate of drug-likeness (QED) is 0.175. The van der Waals surface area contributed by atoms with E-state index in [-0.39, 0.29) is 43.3 Å². The van der Waals surface area contributed by atoms with Crippen LogP contribution in [0.4, 0.5) is 0 Å². The first kappa shape index (κ1) is 53.7. The summed E-state index contributed by atoms with van der Waals surface area (Å²) in [6.07, 6.45) is 2.46. The fraction of sp³-hybridized carbons (Fsp3) is 0.588. The van der Waals surface area contributed by atoms with Crippen LogP contribution in [0.25, 0.3) is 22.3 Å². The largest absolute Gasteiger partial charge is 0.0996 e. The Morgan fingerprint density at radius 2 is 0.618 bits per heavy atom. The molecule has 0 nitrogen and oxygen atoms in total. The van der Waals surface area contributed by atoms with Gasteiger partial charge in [0.25, 0.3) is 0 Å². The van der Waals surface area contributed by atoms with Gasteiger partial charge in [-0.1, -0.05) is 114 Å². The van der Waals surface area contributed by atoms with E-state index in [4.69, 9.17) is 0 Å². The maximum atomic E-state index is 4.59. The summed E-state index contributed by atoms with van der Waals surface area (Å²) in [4.78, 5) is 0. The summed E-state index contributed by atoms with van der Waals surface area (Å²) in [5, 5.41) is 0. The van der Waals surface area contributed by atoms with E-state index in [1.54, 1.807) is 22.3 Å². The molecule has 1 unspecified atom stereocenters. The van der Waals surface area contributed by atoms with Crippen LogP contribution in [0.5, 0.6) is 0 Å². The highest BCUT2D eigenvalue weighted by Crippen LogP contribution is 2.80. The Morgan fingerprint density at radius 3 is 0.868 bits per heavy atom. The molecule has 1 fully saturated rings. The van der Waals surface area contributed by atoms with Crippen LogP contribution in [0.3, 0.4) is 0 Å². The lowest BCUT2D eigenvalue weighted by atomic mass is 9.31. The van der Waals surface area contributed by atoms with Crippen molar-refractivity contribution < 1.29 is 0 Å². The first-order valence-electron chi connectivity index (χ1n) is 26.5. The van der Waals surface area contributed by atoms with Gasteiger partial charge in [0, 0.05) is 10.8 Å². The standard InChI is InChI=1S/C35H52.C33H46/c1-17-34(16)18-31(10,11)32(12,13)35(33(34,14)15)29-25(8)21(4)19(2)23(6)27(29)28-24(7)20(3)22(5)26(9)30(28)35;1-17(2)31(13,14)33(32(15,16)18(3)4)29-25(11)21(7)19(5)23(9)27(29)28-24(10)20(6)22(8)26(12)30(28)33/h17-18H2,1-16H3;1,3H2,2,4-16H3. The monoisotopic (exact) mass is 915 g/mol. The van der Waals surface area contributed by atoms with E-state index >= 15 is 0 Å². The van der Waals surface area contributed by atoms with Crippen LogP contribution in [-0.2, 0) is 10.8 Å². The Bertz CT molecular complexity index is 2710. The van der Waals surface area contributed by atoms with Crippen LogP contribution in [-0.4, -0.2) is 0 Å². The van der Waals surface area contributed by atoms with Crippen LogP contribution in [0, 0.1) is 143 Å². The van der Waals surface area contributed by atoms with Crippen LogP contribution in [0.1, 0.15) is 221 Å². The molecule has 0 radical (unpaired) electrons. The van der Waals surface area contributed by atoms with Crippen molar-refractivity contribution in [2.75, 3.05) is 0 Å². The molecule has 1 spiro atoms. The number of allylic oxidation sites excluding steroid dienone is 2. The van der Waals surface area contributed by atoms with Gasteiger partial charge in [-0.25, -0.2) is 0 Å². The zero-order chi connectivity index (χ0) is 52.4. The van der Waals surface area contributed by atoms with Gasteiger partial charge in [-0.15, -0.1) is 0 Å². The number of hydrogen-bond donors (Lipinski definition) is 0. The van der Waals surface area contributed by atoms with Gasteiger partial charge >= 0.3 is 0 Å². The molecular weight excluding hydrogens is 817 g/mol. The first-order chi connectivity index (χ1) is 30.7. The lowest BCUT2D eigenvalue weighted by Gasteiger charge is -2.72. The smallest absolute Gasteiger partial charge is 0.0396 e. The van der Waals surface area contributed by atoms with Gasteiger partial charge in [-0.2, -0.15) is 0 Å². The average Bonchev–Trinajstić information content (AvgIpc) is 3.78. The van der Waals surface area contributed by atoms with Crippen molar-refractivity contribution >= 4 is 0 Å². The Kier molecular flexibility index (Phi) is 12.6. The molecule has 0 heterocycles. The van der Waals surface area contributed by atoms with Gasteiger partial charge in [-0.3, -0.25) is 0 Å². The van der Waals surface area contributed by atoms with Gasteiger partial charge in [0.1, 0.15) is 0 Å². The first-order valence-corrected chi connectivity index (χ1v) is 26.5. The molecule has 0 saturated heterocycles. The zero-order valence-corrected chi connectivity index (χ0v) is 49.8. The highest BCUT2D eigenvalue weighted by Gasteiger charge is 2.73. The van der Waals surface area contributed by atoms with Crippen molar-refractivity contribution in [1.82, 2.24) is 0 Å². The second-order valence-electron chi connectivity index (χ2n) is 26.5. The number of rotatable bonds is 5. The molecule has 0 aliphatic heterocycles. The predicted octanol–water partition coefficient (Wildman–Crippen LogP) is 19.9. The third kappa shape index (κ3) is 5.91. The minimum absolute atomic E-state index is 0.0655. The van der Waals surface area contributed by atoms with Gasteiger partial charge in [0.15, 0.2) is 0 Å². The molecule has 0 aromatic heterocycles. The Morgan fingerprint density at radius 1 is 0.382 bits per heavy atom. The van der Waals surface area contributed by atoms with Gasteiger partial charge in [0.2, 0.25) is 0 Å². The van der Waals surface area contributed by atoms with Gasteiger partial charge < -0.3 is 0 Å². The van der Waals surface area contributed by atoms with E-state index in [1.165, 1.54) is 135 Å². The summed E-state index contributed by atoms with van der Waals surface area (Å²) in [7, 11) is 0. The molecule has 68 heavy (non-hydrogen) atoms. The highest BCUT2D eigenvalue weighted by molar-refractivity contribution is 5.93. The van der Waals surface area contributed by atoms with Crippen LogP contribution in [0.15, 0.2) is 24.3 Å². The van der Waals surface area contributed by atoms with Gasteiger partial charge in [0.05, 0.1) is 0 Å². The van der Waals surface area contributed by atoms with E-state index in [2.05, 4.69) is 221 Å². The molecule has 3 aliphatic rings. The van der Waals surface area contributed by atoms with Crippen LogP contribution >= 0.6 is 0 Å². The van der Waals surface area contributed by atoms with E-state index in [9.17, 15) is 0 Å². The lowest BCUT2D eigenvalue weighted by molar-refractivity contribution is -0.171. The fourth-order valence-electron chi connectivity index (χ4n) is 16.3. The number of fused-ring (bicyclic) bond motifs is 8. The Labute approximate surface area is 419 Å². The van der Waals surface area contributed by atoms with Crippen molar-refractivity contribution in [3.63, 3.8) is 0 Å². The van der Waals surface area contributed by atoms with Crippen molar-refractivity contribution in [3.05, 3.63) is 136 Å². The van der Waals surface area contributed by atoms with Crippen molar-refractivity contribution in [3.8, 4) is 22.3 Å². The molecule has 1 saturated carbocycles. The van der Waals surface area contributed by atoms with E-state index in [1.807, 2.05) is 0 Å². The summed E-state index contributed by atoms with van der Waals surface area (Å²) in [5.41, 5.74) is 38.1. The third-order valence-electron chi connectivity index (χ3n) is 23.4. The molecular formula is C68H98. The predicted molar refractivity (Wildman–Crippen MR) is 303 cm³/mol. The molecule has 0 amide bonds. The fourth-order valence-corrected chi connectivity index (χ4v) is 16.3. The summed E-state index contributed by atoms with van der Waals surface area (Å²) in [6, 6.07) is 0. The summed E-state index contributed by atoms with van der Waals surface area (Å²) in [6.45, 7) is 81.8. The zero-order valence-electron chi connectivity index (χ0n) is 49.8. The number of benzene rings is 4. The van der Waals surface area contributed by atoms with Crippen molar-refractivity contribution in [2.24, 2.45) is 32.5 Å². The van der Waals surface area contributed by atoms with E-state index < -0.39 is 0 Å². The topological polar surface area (TPSA) is 0 Å². The molecule has 0 bridgehead atoms. The van der Waals surface area contributed by atoms with Crippen molar-refractivity contribution in [1.29, 1.82) is 0 Å². The highest BCUT2D eigenvalue weighted by atomic mass is 14.8. The summed E-state index contributed by atoms with van der Waals surface area (Å²) in [5.74, 6) is 0. The Hall–Kier alpha value is -3.64. The lowest BCUT2D eigenvalue weighted by Crippen LogP contribution is -2.68. The van der Waals surface area contributed by atoms with E-state index in [0.29, 0.717) is 0 Å². The second kappa shape index (κ2) is 15.9. The molecule has 3 aliphatic carbocycles. The Balaban J connectivity index is 0.000000224. The number of hydrogen-bond acceptors (Lipinski definition) is 0. The maximum Gasteiger partial charge on any atom is 0.0396 e. The second-order valence-corrected chi connectivity index (χ2v) is 26.5. The van der Waals surface area contributed by atoms with E-state index in [0.717, 1.165) is 0 Å². The summed E-state index contributed by atoms with van der Waals surface area (Å²) < 4.78 is 0.